The number of carbonyl (C=O) groups is 2. The van der Waals surface area contributed by atoms with E-state index in [-0.39, 0.29) is 29.8 Å². The van der Waals surface area contributed by atoms with Gasteiger partial charge in [0.15, 0.2) is 0 Å². The first-order chi connectivity index (χ1) is 22.9. The Labute approximate surface area is 293 Å². The zero-order chi connectivity index (χ0) is 34.4. The number of benzene rings is 4. The van der Waals surface area contributed by atoms with Gasteiger partial charge >= 0.3 is 0 Å². The molecule has 2 amide bonds. The van der Waals surface area contributed by atoms with E-state index in [1.165, 1.54) is 4.90 Å². The van der Waals surface area contributed by atoms with Crippen molar-refractivity contribution in [2.75, 3.05) is 10.8 Å². The van der Waals surface area contributed by atoms with Crippen LogP contribution in [0.3, 0.4) is 0 Å². The number of nitrogens with one attached hydrogen (secondary N) is 1. The van der Waals surface area contributed by atoms with Gasteiger partial charge in [0.05, 0.1) is 20.6 Å². The summed E-state index contributed by atoms with van der Waals surface area (Å²) in [6.45, 7) is 5.21. The second-order valence-corrected chi connectivity index (χ2v) is 15.2. The molecule has 0 aromatic heterocycles. The van der Waals surface area contributed by atoms with Gasteiger partial charge in [-0.05, 0) is 92.3 Å². The van der Waals surface area contributed by atoms with Crippen molar-refractivity contribution in [3.63, 3.8) is 0 Å². The molecule has 5 rings (SSSR count). The van der Waals surface area contributed by atoms with Crippen LogP contribution in [-0.2, 0) is 32.6 Å². The summed E-state index contributed by atoms with van der Waals surface area (Å²) >= 11 is 12.6. The standard InChI is InChI=1S/C38H41Cl2N3O4S/c1-26-13-18-33(19-14-26)48(46,47)43(32-17-15-27(2)28(3)21-32)25-37(44)42(24-30-16-20-34(39)35(40)22-30)36(23-29-9-5-4-6-10-29)38(45)41-31-11-7-8-12-31/h4-6,9-10,13-22,31,36H,7-8,11-12,23-25H2,1-3H3,(H,41,45). The lowest BCUT2D eigenvalue weighted by Crippen LogP contribution is -2.54. The van der Waals surface area contributed by atoms with E-state index in [9.17, 15) is 18.0 Å². The molecule has 0 bridgehead atoms. The van der Waals surface area contributed by atoms with Crippen LogP contribution in [0.15, 0.2) is 95.9 Å². The first-order valence-corrected chi connectivity index (χ1v) is 18.4. The Morgan fingerprint density at radius 1 is 0.812 bits per heavy atom. The van der Waals surface area contributed by atoms with Crippen molar-refractivity contribution in [3.05, 3.63) is 129 Å². The maximum Gasteiger partial charge on any atom is 0.264 e. The van der Waals surface area contributed by atoms with Gasteiger partial charge in [-0.3, -0.25) is 13.9 Å². The number of nitrogens with zero attached hydrogens (tertiary/aromatic N) is 2. The van der Waals surface area contributed by atoms with E-state index >= 15 is 0 Å². The second kappa shape index (κ2) is 15.6. The Morgan fingerprint density at radius 3 is 2.15 bits per heavy atom. The fourth-order valence-electron chi connectivity index (χ4n) is 6.00. The van der Waals surface area contributed by atoms with E-state index < -0.39 is 28.5 Å². The van der Waals surface area contributed by atoms with E-state index in [1.54, 1.807) is 54.6 Å². The van der Waals surface area contributed by atoms with Crippen LogP contribution in [0.2, 0.25) is 10.0 Å². The molecule has 0 aliphatic heterocycles. The van der Waals surface area contributed by atoms with E-state index in [4.69, 9.17) is 23.2 Å². The summed E-state index contributed by atoms with van der Waals surface area (Å²) in [6.07, 6.45) is 4.05. The largest absolute Gasteiger partial charge is 0.352 e. The molecule has 4 aromatic rings. The lowest BCUT2D eigenvalue weighted by Gasteiger charge is -2.34. The Morgan fingerprint density at radius 2 is 1.50 bits per heavy atom. The van der Waals surface area contributed by atoms with Crippen molar-refractivity contribution in [2.24, 2.45) is 0 Å². The monoisotopic (exact) mass is 705 g/mol. The first kappa shape index (κ1) is 35.5. The Kier molecular flexibility index (Phi) is 11.5. The molecule has 0 radical (unpaired) electrons. The number of hydrogen-bond acceptors (Lipinski definition) is 4. The van der Waals surface area contributed by atoms with E-state index in [0.29, 0.717) is 21.3 Å². The summed E-state index contributed by atoms with van der Waals surface area (Å²) in [7, 11) is -4.19. The summed E-state index contributed by atoms with van der Waals surface area (Å²) in [5.74, 6) is -0.809. The lowest BCUT2D eigenvalue weighted by atomic mass is 10.0. The van der Waals surface area contributed by atoms with Crippen LogP contribution >= 0.6 is 23.2 Å². The molecule has 1 saturated carbocycles. The van der Waals surface area contributed by atoms with Crippen molar-refractivity contribution in [1.82, 2.24) is 10.2 Å². The predicted molar refractivity (Wildman–Crippen MR) is 193 cm³/mol. The molecule has 252 valence electrons. The fourth-order valence-corrected chi connectivity index (χ4v) is 7.73. The molecule has 1 N–H and O–H groups in total. The smallest absolute Gasteiger partial charge is 0.264 e. The summed E-state index contributed by atoms with van der Waals surface area (Å²) in [4.78, 5) is 30.4. The fraction of sp³-hybridized carbons (Fsp3) is 0.316. The van der Waals surface area contributed by atoms with Gasteiger partial charge in [-0.1, -0.05) is 96.2 Å². The van der Waals surface area contributed by atoms with Crippen LogP contribution in [0, 0.1) is 20.8 Å². The summed E-state index contributed by atoms with van der Waals surface area (Å²) < 4.78 is 29.8. The third-order valence-corrected chi connectivity index (χ3v) is 11.5. The van der Waals surface area contributed by atoms with Gasteiger partial charge in [0.25, 0.3) is 10.0 Å². The number of rotatable bonds is 12. The molecular weight excluding hydrogens is 665 g/mol. The molecule has 1 fully saturated rings. The molecule has 0 spiro atoms. The average molecular weight is 707 g/mol. The van der Waals surface area contributed by atoms with E-state index in [1.807, 2.05) is 57.2 Å². The van der Waals surface area contributed by atoms with Crippen LogP contribution in [0.1, 0.15) is 53.5 Å². The van der Waals surface area contributed by atoms with Gasteiger partial charge in [0.2, 0.25) is 11.8 Å². The zero-order valence-corrected chi connectivity index (χ0v) is 29.8. The van der Waals surface area contributed by atoms with Crippen molar-refractivity contribution in [3.8, 4) is 0 Å². The minimum atomic E-state index is -4.19. The molecule has 4 aromatic carbocycles. The topological polar surface area (TPSA) is 86.8 Å². The number of halogens is 2. The quantitative estimate of drug-likeness (QED) is 0.163. The maximum absolute atomic E-state index is 14.7. The lowest BCUT2D eigenvalue weighted by molar-refractivity contribution is -0.140. The van der Waals surface area contributed by atoms with Crippen molar-refractivity contribution in [2.45, 2.75) is 76.4 Å². The van der Waals surface area contributed by atoms with Gasteiger partial charge in [-0.15, -0.1) is 0 Å². The van der Waals surface area contributed by atoms with Gasteiger partial charge in [0.1, 0.15) is 12.6 Å². The summed E-state index contributed by atoms with van der Waals surface area (Å²) in [5, 5.41) is 3.87. The third kappa shape index (κ3) is 8.59. The van der Waals surface area contributed by atoms with Gasteiger partial charge < -0.3 is 10.2 Å². The normalized spacial score (nSPS) is 14.0. The number of anilines is 1. The highest BCUT2D eigenvalue weighted by molar-refractivity contribution is 7.92. The SMILES string of the molecule is Cc1ccc(S(=O)(=O)N(CC(=O)N(Cc2ccc(Cl)c(Cl)c2)C(Cc2ccccc2)C(=O)NC2CCCC2)c2ccc(C)c(C)c2)cc1. The molecule has 0 heterocycles. The molecule has 10 heteroatoms. The minimum absolute atomic E-state index is 0.0106. The van der Waals surface area contributed by atoms with E-state index in [0.717, 1.165) is 52.2 Å². The van der Waals surface area contributed by atoms with Gasteiger partial charge in [-0.25, -0.2) is 8.42 Å². The molecule has 1 unspecified atom stereocenters. The molecule has 1 aliphatic rings. The Balaban J connectivity index is 1.59. The van der Waals surface area contributed by atoms with E-state index in [2.05, 4.69) is 5.32 Å². The van der Waals surface area contributed by atoms with Crippen molar-refractivity contribution >= 4 is 50.7 Å². The first-order valence-electron chi connectivity index (χ1n) is 16.2. The van der Waals surface area contributed by atoms with Crippen LogP contribution in [-0.4, -0.2) is 43.8 Å². The van der Waals surface area contributed by atoms with Crippen molar-refractivity contribution < 1.29 is 18.0 Å². The highest BCUT2D eigenvalue weighted by Gasteiger charge is 2.35. The molecule has 48 heavy (non-hydrogen) atoms. The molecule has 1 aliphatic carbocycles. The van der Waals surface area contributed by atoms with Crippen LogP contribution in [0.25, 0.3) is 0 Å². The van der Waals surface area contributed by atoms with Crippen LogP contribution in [0.5, 0.6) is 0 Å². The van der Waals surface area contributed by atoms with Gasteiger partial charge in [-0.2, -0.15) is 0 Å². The predicted octanol–water partition coefficient (Wildman–Crippen LogP) is 7.81. The summed E-state index contributed by atoms with van der Waals surface area (Å²) in [5.41, 5.74) is 4.67. The van der Waals surface area contributed by atoms with Crippen LogP contribution in [0.4, 0.5) is 5.69 Å². The number of sulfonamides is 1. The molecule has 1 atom stereocenters. The second-order valence-electron chi connectivity index (χ2n) is 12.6. The Bertz CT molecular complexity index is 1860. The minimum Gasteiger partial charge on any atom is -0.352 e. The number of carbonyl (C=O) groups excluding carboxylic acids is 2. The number of amides is 2. The number of aryl methyl sites for hydroxylation is 3. The van der Waals surface area contributed by atoms with Gasteiger partial charge in [0, 0.05) is 19.0 Å². The average Bonchev–Trinajstić information content (AvgIpc) is 3.58. The third-order valence-electron chi connectivity index (χ3n) is 8.98. The molecule has 0 saturated heterocycles. The summed E-state index contributed by atoms with van der Waals surface area (Å²) in [6, 6.07) is 25.5. The highest BCUT2D eigenvalue weighted by atomic mass is 35.5. The molecule has 7 nitrogen and oxygen atoms in total. The van der Waals surface area contributed by atoms with Crippen molar-refractivity contribution in [1.29, 1.82) is 0 Å². The zero-order valence-electron chi connectivity index (χ0n) is 27.5. The molecular formula is C38H41Cl2N3O4S. The Hall–Kier alpha value is -3.85. The van der Waals surface area contributed by atoms with Crippen LogP contribution < -0.4 is 9.62 Å². The highest BCUT2D eigenvalue weighted by Crippen LogP contribution is 2.29. The maximum atomic E-state index is 14.7. The number of hydrogen-bond donors (Lipinski definition) is 1.